The fourth-order valence-corrected chi connectivity index (χ4v) is 3.57. The molecule has 0 aliphatic carbocycles. The van der Waals surface area contributed by atoms with Gasteiger partial charge < -0.3 is 13.7 Å². The number of aromatic nitrogens is 3. The van der Waals surface area contributed by atoms with Gasteiger partial charge in [-0.2, -0.15) is 0 Å². The van der Waals surface area contributed by atoms with Gasteiger partial charge >= 0.3 is 0 Å². The van der Waals surface area contributed by atoms with Crippen LogP contribution in [0.5, 0.6) is 0 Å². The number of hydrogen-bond acceptors (Lipinski definition) is 4. The summed E-state index contributed by atoms with van der Waals surface area (Å²) in [5, 5.41) is 0. The Morgan fingerprint density at radius 3 is 2.54 bits per heavy atom. The minimum absolute atomic E-state index is 0. The number of ether oxygens (including phenoxy) is 1. The zero-order chi connectivity index (χ0) is 16.6. The SMILES string of the molecule is Br.c1coc(-c2cn3c4ccccc4n(CCN4CCOCC4)c3n2)c1. The Kier molecular flexibility index (Phi) is 4.84. The number of nitrogens with zero attached hydrogens (tertiary/aromatic N) is 4. The maximum absolute atomic E-state index is 5.52. The van der Waals surface area contributed by atoms with Gasteiger partial charge in [-0.1, -0.05) is 12.1 Å². The van der Waals surface area contributed by atoms with Crippen LogP contribution in [0.15, 0.2) is 53.3 Å². The van der Waals surface area contributed by atoms with Crippen LogP contribution in [0.25, 0.3) is 28.3 Å². The number of halogens is 1. The third kappa shape index (κ3) is 2.96. The lowest BCUT2D eigenvalue weighted by molar-refractivity contribution is 0.0366. The molecular formula is C19H21BrN4O2. The summed E-state index contributed by atoms with van der Waals surface area (Å²) in [6.45, 7) is 5.57. The number of hydrogen-bond donors (Lipinski definition) is 0. The Morgan fingerprint density at radius 1 is 0.962 bits per heavy atom. The molecule has 6 nitrogen and oxygen atoms in total. The fraction of sp³-hybridized carbons (Fsp3) is 0.316. The molecule has 4 aromatic rings. The molecule has 0 unspecified atom stereocenters. The van der Waals surface area contributed by atoms with E-state index in [1.165, 1.54) is 11.0 Å². The van der Waals surface area contributed by atoms with E-state index in [0.717, 1.165) is 56.6 Å². The maximum Gasteiger partial charge on any atom is 0.215 e. The van der Waals surface area contributed by atoms with Gasteiger partial charge in [0.05, 0.1) is 30.5 Å². The second-order valence-corrected chi connectivity index (χ2v) is 6.37. The van der Waals surface area contributed by atoms with Crippen molar-refractivity contribution >= 4 is 33.8 Å². The first-order valence-corrected chi connectivity index (χ1v) is 8.70. The molecule has 0 atom stereocenters. The quantitative estimate of drug-likeness (QED) is 0.511. The molecular weight excluding hydrogens is 396 g/mol. The number of para-hydroxylation sites is 2. The first-order valence-electron chi connectivity index (χ1n) is 8.70. The third-order valence-electron chi connectivity index (χ3n) is 4.88. The van der Waals surface area contributed by atoms with Crippen LogP contribution in [0.2, 0.25) is 0 Å². The van der Waals surface area contributed by atoms with Gasteiger partial charge in [-0.15, -0.1) is 17.0 Å². The average Bonchev–Trinajstić information content (AvgIpc) is 3.37. The van der Waals surface area contributed by atoms with E-state index in [2.05, 4.69) is 44.3 Å². The van der Waals surface area contributed by atoms with Crippen molar-refractivity contribution in [3.05, 3.63) is 48.9 Å². The Hall–Kier alpha value is -2.09. The van der Waals surface area contributed by atoms with E-state index in [9.17, 15) is 0 Å². The predicted octanol–water partition coefficient (Wildman–Crippen LogP) is 3.46. The van der Waals surface area contributed by atoms with Crippen LogP contribution in [0.3, 0.4) is 0 Å². The lowest BCUT2D eigenvalue weighted by Gasteiger charge is -2.26. The van der Waals surface area contributed by atoms with E-state index in [0.29, 0.717) is 0 Å². The molecule has 0 saturated carbocycles. The first-order chi connectivity index (χ1) is 12.4. The summed E-state index contributed by atoms with van der Waals surface area (Å²) in [5.41, 5.74) is 3.25. The molecule has 0 radical (unpaired) electrons. The number of furan rings is 1. The highest BCUT2D eigenvalue weighted by atomic mass is 79.9. The summed E-state index contributed by atoms with van der Waals surface area (Å²) in [6, 6.07) is 12.3. The number of benzene rings is 1. The van der Waals surface area contributed by atoms with E-state index in [1.807, 2.05) is 12.1 Å². The van der Waals surface area contributed by atoms with Gasteiger partial charge in [-0.25, -0.2) is 4.98 Å². The molecule has 7 heteroatoms. The average molecular weight is 417 g/mol. The van der Waals surface area contributed by atoms with Gasteiger partial charge in [0.1, 0.15) is 5.69 Å². The zero-order valence-corrected chi connectivity index (χ0v) is 16.1. The monoisotopic (exact) mass is 416 g/mol. The molecule has 1 saturated heterocycles. The standard InChI is InChI=1S/C19H20N4O2.BrH/c1-2-5-17-16(4-1)22(8-7-21-9-12-24-13-10-21)19-20-15(14-23(17)19)18-6-3-11-25-18;/h1-6,11,14H,7-10,12-13H2;1H. The fourth-order valence-electron chi connectivity index (χ4n) is 3.57. The van der Waals surface area contributed by atoms with Crippen LogP contribution in [-0.4, -0.2) is 51.7 Å². The number of morpholine rings is 1. The molecule has 0 spiro atoms. The summed E-state index contributed by atoms with van der Waals surface area (Å²) < 4.78 is 15.4. The van der Waals surface area contributed by atoms with E-state index < -0.39 is 0 Å². The molecule has 26 heavy (non-hydrogen) atoms. The highest BCUT2D eigenvalue weighted by molar-refractivity contribution is 8.93. The first kappa shape index (κ1) is 17.3. The highest BCUT2D eigenvalue weighted by Gasteiger charge is 2.17. The molecule has 3 aromatic heterocycles. The summed E-state index contributed by atoms with van der Waals surface area (Å²) in [6.07, 6.45) is 3.74. The van der Waals surface area contributed by atoms with Crippen LogP contribution in [0.1, 0.15) is 0 Å². The second-order valence-electron chi connectivity index (χ2n) is 6.37. The van der Waals surface area contributed by atoms with Crippen molar-refractivity contribution in [2.45, 2.75) is 6.54 Å². The summed E-state index contributed by atoms with van der Waals surface area (Å²) in [5.74, 6) is 1.76. The van der Waals surface area contributed by atoms with Crippen LogP contribution in [0.4, 0.5) is 0 Å². The lowest BCUT2D eigenvalue weighted by atomic mass is 10.3. The van der Waals surface area contributed by atoms with Gasteiger partial charge in [0.15, 0.2) is 5.76 Å². The van der Waals surface area contributed by atoms with Crippen molar-refractivity contribution in [2.75, 3.05) is 32.8 Å². The summed E-state index contributed by atoms with van der Waals surface area (Å²) >= 11 is 0. The number of rotatable bonds is 4. The van der Waals surface area contributed by atoms with Crippen molar-refractivity contribution in [1.29, 1.82) is 0 Å². The highest BCUT2D eigenvalue weighted by Crippen LogP contribution is 2.25. The van der Waals surface area contributed by atoms with Crippen molar-refractivity contribution in [2.24, 2.45) is 0 Å². The second kappa shape index (κ2) is 7.26. The molecule has 0 bridgehead atoms. The molecule has 0 amide bonds. The van der Waals surface area contributed by atoms with Gasteiger partial charge in [-0.05, 0) is 24.3 Å². The van der Waals surface area contributed by atoms with Crippen molar-refractivity contribution < 1.29 is 9.15 Å². The molecule has 1 fully saturated rings. The van der Waals surface area contributed by atoms with Gasteiger partial charge in [-0.3, -0.25) is 9.30 Å². The minimum Gasteiger partial charge on any atom is -0.463 e. The molecule has 136 valence electrons. The predicted molar refractivity (Wildman–Crippen MR) is 106 cm³/mol. The molecule has 4 heterocycles. The van der Waals surface area contributed by atoms with Crippen molar-refractivity contribution in [3.8, 4) is 11.5 Å². The Labute approximate surface area is 161 Å². The van der Waals surface area contributed by atoms with Crippen molar-refractivity contribution in [1.82, 2.24) is 18.9 Å². The van der Waals surface area contributed by atoms with Crippen LogP contribution in [-0.2, 0) is 11.3 Å². The molecule has 1 aliphatic heterocycles. The van der Waals surface area contributed by atoms with Gasteiger partial charge in [0.2, 0.25) is 5.78 Å². The Morgan fingerprint density at radius 2 is 1.77 bits per heavy atom. The normalized spacial score (nSPS) is 15.5. The number of imidazole rings is 2. The summed E-state index contributed by atoms with van der Waals surface area (Å²) in [4.78, 5) is 7.29. The summed E-state index contributed by atoms with van der Waals surface area (Å²) in [7, 11) is 0. The van der Waals surface area contributed by atoms with E-state index in [-0.39, 0.29) is 17.0 Å². The minimum atomic E-state index is 0. The van der Waals surface area contributed by atoms with E-state index in [1.54, 1.807) is 6.26 Å². The Balaban J connectivity index is 0.00000168. The maximum atomic E-state index is 5.52. The smallest absolute Gasteiger partial charge is 0.215 e. The van der Waals surface area contributed by atoms with Crippen LogP contribution < -0.4 is 0 Å². The number of fused-ring (bicyclic) bond motifs is 3. The lowest BCUT2D eigenvalue weighted by Crippen LogP contribution is -2.38. The van der Waals surface area contributed by atoms with Gasteiger partial charge in [0, 0.05) is 32.4 Å². The molecule has 1 aromatic carbocycles. The van der Waals surface area contributed by atoms with Crippen LogP contribution >= 0.6 is 17.0 Å². The van der Waals surface area contributed by atoms with Crippen molar-refractivity contribution in [3.63, 3.8) is 0 Å². The largest absolute Gasteiger partial charge is 0.463 e. The topological polar surface area (TPSA) is 47.8 Å². The van der Waals surface area contributed by atoms with Crippen LogP contribution in [0, 0.1) is 0 Å². The third-order valence-corrected chi connectivity index (χ3v) is 4.88. The molecule has 1 aliphatic rings. The molecule has 5 rings (SSSR count). The Bertz CT molecular complexity index is 1000. The van der Waals surface area contributed by atoms with E-state index >= 15 is 0 Å². The van der Waals surface area contributed by atoms with Gasteiger partial charge in [0.25, 0.3) is 0 Å². The molecule has 0 N–H and O–H groups in total. The zero-order valence-electron chi connectivity index (χ0n) is 14.4. The van der Waals surface area contributed by atoms with E-state index in [4.69, 9.17) is 14.1 Å².